The molecule has 158 valence electrons. The van der Waals surface area contributed by atoms with Gasteiger partial charge in [-0.05, 0) is 65.9 Å². The molecule has 0 spiro atoms. The average Bonchev–Trinajstić information content (AvgIpc) is 3.14. The van der Waals surface area contributed by atoms with Gasteiger partial charge in [0.05, 0.1) is 4.90 Å². The van der Waals surface area contributed by atoms with E-state index in [1.165, 1.54) is 15.6 Å². The fourth-order valence-electron chi connectivity index (χ4n) is 3.37. The molecule has 0 aliphatic heterocycles. The second-order valence-corrected chi connectivity index (χ2v) is 9.74. The zero-order valence-corrected chi connectivity index (χ0v) is 19.0. The molecule has 0 radical (unpaired) electrons. The normalized spacial score (nSPS) is 12.7. The number of rotatable bonds is 8. The summed E-state index contributed by atoms with van der Waals surface area (Å²) in [4.78, 5) is 4.33. The Kier molecular flexibility index (Phi) is 7.44. The van der Waals surface area contributed by atoms with Crippen molar-refractivity contribution in [2.24, 2.45) is 0 Å². The minimum atomic E-state index is -3.57. The Morgan fingerprint density at radius 3 is 2.80 bits per heavy atom. The Morgan fingerprint density at radius 1 is 1.10 bits per heavy atom. The molecule has 2 aromatic heterocycles. The lowest BCUT2D eigenvalue weighted by atomic mass is 10.1. The minimum absolute atomic E-state index is 0. The number of benzene rings is 2. The first-order valence-electron chi connectivity index (χ1n) is 9.55. The third kappa shape index (κ3) is 5.17. The molecule has 8 heteroatoms. The summed E-state index contributed by atoms with van der Waals surface area (Å²) in [6, 6.07) is 15.1. The topological polar surface area (TPSA) is 71.1 Å². The van der Waals surface area contributed by atoms with E-state index >= 15 is 0 Å². The SMILES string of the molecule is CC(CNCCc1csc2ccccc12)NS(=O)(=O)c1ccc2cnccc2c1.Cl. The highest BCUT2D eigenvalue weighted by atomic mass is 35.5. The van der Waals surface area contributed by atoms with Crippen molar-refractivity contribution >= 4 is 54.6 Å². The molecule has 0 saturated carbocycles. The summed E-state index contributed by atoms with van der Waals surface area (Å²) in [5, 5.41) is 8.65. The van der Waals surface area contributed by atoms with E-state index < -0.39 is 10.0 Å². The lowest BCUT2D eigenvalue weighted by Crippen LogP contribution is -2.40. The molecule has 0 aliphatic carbocycles. The van der Waals surface area contributed by atoms with Crippen molar-refractivity contribution < 1.29 is 8.42 Å². The highest BCUT2D eigenvalue weighted by Gasteiger charge is 2.17. The van der Waals surface area contributed by atoms with E-state index in [9.17, 15) is 8.42 Å². The number of fused-ring (bicyclic) bond motifs is 2. The van der Waals surface area contributed by atoms with Gasteiger partial charge in [0.25, 0.3) is 0 Å². The van der Waals surface area contributed by atoms with Crippen molar-refractivity contribution in [1.82, 2.24) is 15.0 Å². The van der Waals surface area contributed by atoms with Crippen LogP contribution in [0.1, 0.15) is 12.5 Å². The monoisotopic (exact) mass is 461 g/mol. The fraction of sp³-hybridized carbons (Fsp3) is 0.227. The van der Waals surface area contributed by atoms with Gasteiger partial charge in [0, 0.05) is 35.1 Å². The van der Waals surface area contributed by atoms with Crippen LogP contribution in [0, 0.1) is 0 Å². The number of hydrogen-bond donors (Lipinski definition) is 2. The Balaban J connectivity index is 0.00000256. The Morgan fingerprint density at radius 2 is 1.93 bits per heavy atom. The van der Waals surface area contributed by atoms with Crippen LogP contribution in [0.25, 0.3) is 20.9 Å². The van der Waals surface area contributed by atoms with Crippen LogP contribution >= 0.6 is 23.7 Å². The van der Waals surface area contributed by atoms with E-state index in [1.54, 1.807) is 41.9 Å². The average molecular weight is 462 g/mol. The molecule has 4 rings (SSSR count). The van der Waals surface area contributed by atoms with E-state index in [-0.39, 0.29) is 23.3 Å². The molecule has 1 unspecified atom stereocenters. The summed E-state index contributed by atoms with van der Waals surface area (Å²) < 4.78 is 29.5. The summed E-state index contributed by atoms with van der Waals surface area (Å²) in [6.45, 7) is 3.24. The maximum absolute atomic E-state index is 12.7. The van der Waals surface area contributed by atoms with E-state index in [2.05, 4.69) is 44.7 Å². The van der Waals surface area contributed by atoms with Gasteiger partial charge in [0.1, 0.15) is 0 Å². The Hall–Kier alpha value is -2.03. The Bertz CT molecular complexity index is 1240. The largest absolute Gasteiger partial charge is 0.315 e. The van der Waals surface area contributed by atoms with Crippen molar-refractivity contribution in [3.05, 3.63) is 71.9 Å². The van der Waals surface area contributed by atoms with Crippen molar-refractivity contribution in [3.8, 4) is 0 Å². The third-order valence-electron chi connectivity index (χ3n) is 4.86. The molecule has 0 aliphatic rings. The first kappa shape index (κ1) is 22.7. The molecule has 0 saturated heterocycles. The van der Waals surface area contributed by atoms with Crippen LogP contribution in [0.4, 0.5) is 0 Å². The van der Waals surface area contributed by atoms with Crippen LogP contribution in [0.2, 0.25) is 0 Å². The van der Waals surface area contributed by atoms with E-state index in [0.717, 1.165) is 23.7 Å². The number of nitrogens with zero attached hydrogens (tertiary/aromatic N) is 1. The van der Waals surface area contributed by atoms with Crippen molar-refractivity contribution in [3.63, 3.8) is 0 Å². The van der Waals surface area contributed by atoms with Gasteiger partial charge in [-0.3, -0.25) is 4.98 Å². The number of aromatic nitrogens is 1. The molecular formula is C22H24ClN3O2S2. The maximum atomic E-state index is 12.7. The lowest BCUT2D eigenvalue weighted by Gasteiger charge is -2.15. The molecule has 2 N–H and O–H groups in total. The molecule has 5 nitrogen and oxygen atoms in total. The van der Waals surface area contributed by atoms with E-state index in [1.807, 2.05) is 13.0 Å². The van der Waals surface area contributed by atoms with Gasteiger partial charge >= 0.3 is 0 Å². The predicted octanol–water partition coefficient (Wildman–Crippen LogP) is 4.37. The zero-order valence-electron chi connectivity index (χ0n) is 16.5. The number of sulfonamides is 1. The van der Waals surface area contributed by atoms with Gasteiger partial charge in [-0.15, -0.1) is 23.7 Å². The summed E-state index contributed by atoms with van der Waals surface area (Å²) >= 11 is 1.76. The molecule has 0 bridgehead atoms. The predicted molar refractivity (Wildman–Crippen MR) is 127 cm³/mol. The standard InChI is InChI=1S/C22H23N3O2S2.ClH/c1-16(13-23-11-9-19-15-28-22-5-3-2-4-21(19)22)25-29(26,27)20-7-6-18-14-24-10-8-17(18)12-20;/h2-8,10,12,14-16,23,25H,9,11,13H2,1H3;1H. The number of halogens is 1. The van der Waals surface area contributed by atoms with E-state index in [0.29, 0.717) is 6.54 Å². The first-order valence-corrected chi connectivity index (χ1v) is 11.9. The smallest absolute Gasteiger partial charge is 0.240 e. The third-order valence-corrected chi connectivity index (χ3v) is 7.46. The molecule has 2 heterocycles. The van der Waals surface area contributed by atoms with Gasteiger partial charge in [-0.1, -0.05) is 24.3 Å². The number of hydrogen-bond acceptors (Lipinski definition) is 5. The van der Waals surface area contributed by atoms with Gasteiger partial charge in [0.15, 0.2) is 0 Å². The van der Waals surface area contributed by atoms with Crippen molar-refractivity contribution in [1.29, 1.82) is 0 Å². The maximum Gasteiger partial charge on any atom is 0.240 e. The summed E-state index contributed by atoms with van der Waals surface area (Å²) in [5.41, 5.74) is 1.33. The summed E-state index contributed by atoms with van der Waals surface area (Å²) in [7, 11) is -3.57. The van der Waals surface area contributed by atoms with Crippen LogP contribution in [0.5, 0.6) is 0 Å². The molecule has 1 atom stereocenters. The Labute approximate surface area is 187 Å². The van der Waals surface area contributed by atoms with E-state index in [4.69, 9.17) is 0 Å². The summed E-state index contributed by atoms with van der Waals surface area (Å²) in [6.07, 6.45) is 4.31. The molecule has 4 aromatic rings. The highest BCUT2D eigenvalue weighted by Crippen LogP contribution is 2.25. The molecular weight excluding hydrogens is 438 g/mol. The van der Waals surface area contributed by atoms with Crippen LogP contribution in [-0.4, -0.2) is 32.5 Å². The van der Waals surface area contributed by atoms with Gasteiger partial charge < -0.3 is 5.32 Å². The number of thiophene rings is 1. The summed E-state index contributed by atoms with van der Waals surface area (Å²) in [5.74, 6) is 0. The van der Waals surface area contributed by atoms with Gasteiger partial charge in [0.2, 0.25) is 10.0 Å². The van der Waals surface area contributed by atoms with Crippen LogP contribution < -0.4 is 10.0 Å². The van der Waals surface area contributed by atoms with Crippen LogP contribution in [0.3, 0.4) is 0 Å². The van der Waals surface area contributed by atoms with Crippen LogP contribution in [0.15, 0.2) is 71.2 Å². The minimum Gasteiger partial charge on any atom is -0.315 e. The number of pyridine rings is 1. The van der Waals surface area contributed by atoms with Crippen LogP contribution in [-0.2, 0) is 16.4 Å². The molecule has 0 amide bonds. The van der Waals surface area contributed by atoms with Gasteiger partial charge in [-0.2, -0.15) is 0 Å². The second-order valence-electron chi connectivity index (χ2n) is 7.12. The van der Waals surface area contributed by atoms with Gasteiger partial charge in [-0.25, -0.2) is 13.1 Å². The molecule has 30 heavy (non-hydrogen) atoms. The molecule has 0 fully saturated rings. The quantitative estimate of drug-likeness (QED) is 0.382. The second kappa shape index (κ2) is 9.85. The highest BCUT2D eigenvalue weighted by molar-refractivity contribution is 7.89. The van der Waals surface area contributed by atoms with Crippen molar-refractivity contribution in [2.45, 2.75) is 24.3 Å². The first-order chi connectivity index (χ1) is 14.0. The lowest BCUT2D eigenvalue weighted by molar-refractivity contribution is 0.537. The fourth-order valence-corrected chi connectivity index (χ4v) is 5.65. The zero-order chi connectivity index (χ0) is 20.3. The molecule has 2 aromatic carbocycles. The van der Waals surface area contributed by atoms with Crippen molar-refractivity contribution in [2.75, 3.05) is 13.1 Å². The number of nitrogens with one attached hydrogen (secondary N) is 2.